The number of piperidine rings is 1. The van der Waals surface area contributed by atoms with Gasteiger partial charge in [0.05, 0.1) is 10.1 Å². The lowest BCUT2D eigenvalue weighted by Crippen LogP contribution is -2.45. The van der Waals surface area contributed by atoms with Crippen LogP contribution in [0.2, 0.25) is 0 Å². The molecule has 0 amide bonds. The van der Waals surface area contributed by atoms with Crippen LogP contribution in [0.25, 0.3) is 0 Å². The quantitative estimate of drug-likeness (QED) is 0.899. The molecule has 0 spiro atoms. The first kappa shape index (κ1) is 14.0. The van der Waals surface area contributed by atoms with Gasteiger partial charge in [-0.05, 0) is 53.9 Å². The smallest absolute Gasteiger partial charge is 0.137 e. The molecule has 0 radical (unpaired) electrons. The highest BCUT2D eigenvalue weighted by molar-refractivity contribution is 9.10. The monoisotopic (exact) mass is 315 g/mol. The normalized spacial score (nSPS) is 23.7. The van der Waals surface area contributed by atoms with Gasteiger partial charge in [-0.2, -0.15) is 0 Å². The highest BCUT2D eigenvalue weighted by Gasteiger charge is 2.33. The van der Waals surface area contributed by atoms with Crippen LogP contribution in [0, 0.1) is 11.7 Å². The second-order valence-electron chi connectivity index (χ2n) is 5.29. The van der Waals surface area contributed by atoms with E-state index in [1.54, 1.807) is 6.07 Å². The van der Waals surface area contributed by atoms with E-state index in [0.29, 0.717) is 10.9 Å². The van der Waals surface area contributed by atoms with E-state index in [9.17, 15) is 9.50 Å². The highest BCUT2D eigenvalue weighted by Crippen LogP contribution is 2.31. The molecule has 1 aliphatic rings. The molecule has 1 aromatic carbocycles. The SMILES string of the molecule is CC(O)(Cc1cccc(F)c1Br)C1CCCNC1. The molecule has 1 aromatic rings. The first-order valence-corrected chi connectivity index (χ1v) is 7.16. The molecule has 1 saturated heterocycles. The Morgan fingerprint density at radius 2 is 2.33 bits per heavy atom. The number of aliphatic hydroxyl groups is 1. The van der Waals surface area contributed by atoms with Crippen molar-refractivity contribution in [3.8, 4) is 0 Å². The van der Waals surface area contributed by atoms with Gasteiger partial charge in [-0.1, -0.05) is 12.1 Å². The summed E-state index contributed by atoms with van der Waals surface area (Å²) >= 11 is 3.26. The van der Waals surface area contributed by atoms with Gasteiger partial charge in [-0.25, -0.2) is 4.39 Å². The number of rotatable bonds is 3. The zero-order valence-electron chi connectivity index (χ0n) is 10.5. The Morgan fingerprint density at radius 1 is 1.56 bits per heavy atom. The van der Waals surface area contributed by atoms with Gasteiger partial charge >= 0.3 is 0 Å². The van der Waals surface area contributed by atoms with E-state index < -0.39 is 5.60 Å². The minimum atomic E-state index is -0.802. The van der Waals surface area contributed by atoms with Crippen LogP contribution in [0.5, 0.6) is 0 Å². The molecule has 0 bridgehead atoms. The molecule has 18 heavy (non-hydrogen) atoms. The van der Waals surface area contributed by atoms with Crippen molar-refractivity contribution in [1.82, 2.24) is 5.32 Å². The molecule has 0 aliphatic carbocycles. The third kappa shape index (κ3) is 3.11. The average Bonchev–Trinajstić information content (AvgIpc) is 2.36. The van der Waals surface area contributed by atoms with Crippen molar-refractivity contribution >= 4 is 15.9 Å². The second-order valence-corrected chi connectivity index (χ2v) is 6.08. The molecule has 0 saturated carbocycles. The second kappa shape index (κ2) is 5.68. The number of hydrogen-bond acceptors (Lipinski definition) is 2. The lowest BCUT2D eigenvalue weighted by Gasteiger charge is -2.36. The maximum Gasteiger partial charge on any atom is 0.137 e. The van der Waals surface area contributed by atoms with E-state index in [2.05, 4.69) is 21.2 Å². The van der Waals surface area contributed by atoms with Gasteiger partial charge in [0.25, 0.3) is 0 Å². The summed E-state index contributed by atoms with van der Waals surface area (Å²) < 4.78 is 13.9. The molecule has 2 atom stereocenters. The van der Waals surface area contributed by atoms with Crippen LogP contribution in [0.15, 0.2) is 22.7 Å². The third-order valence-corrected chi connectivity index (χ3v) is 4.64. The van der Waals surface area contributed by atoms with E-state index in [4.69, 9.17) is 0 Å². The standard InChI is InChI=1S/C14H19BrFNO/c1-14(18,11-5-3-7-17-9-11)8-10-4-2-6-12(16)13(10)15/h2,4,6,11,17-18H,3,5,7-9H2,1H3. The highest BCUT2D eigenvalue weighted by atomic mass is 79.9. The molecule has 2 unspecified atom stereocenters. The summed E-state index contributed by atoms with van der Waals surface area (Å²) in [5.74, 6) is -0.0495. The predicted octanol–water partition coefficient (Wildman–Crippen LogP) is 2.88. The van der Waals surface area contributed by atoms with Gasteiger partial charge in [0.15, 0.2) is 0 Å². The third-order valence-electron chi connectivity index (χ3n) is 3.76. The maximum absolute atomic E-state index is 13.5. The number of nitrogens with one attached hydrogen (secondary N) is 1. The van der Waals surface area contributed by atoms with E-state index >= 15 is 0 Å². The van der Waals surface area contributed by atoms with Crippen molar-refractivity contribution < 1.29 is 9.50 Å². The van der Waals surface area contributed by atoms with Gasteiger partial charge in [0, 0.05) is 18.9 Å². The summed E-state index contributed by atoms with van der Waals surface area (Å²) in [5.41, 5.74) is 0.0228. The summed E-state index contributed by atoms with van der Waals surface area (Å²) in [7, 11) is 0. The van der Waals surface area contributed by atoms with Crippen molar-refractivity contribution in [3.05, 3.63) is 34.1 Å². The minimum absolute atomic E-state index is 0.224. The van der Waals surface area contributed by atoms with Crippen LogP contribution in [0.3, 0.4) is 0 Å². The zero-order chi connectivity index (χ0) is 13.2. The Balaban J connectivity index is 2.13. The van der Waals surface area contributed by atoms with Gasteiger partial charge in [0.2, 0.25) is 0 Å². The Hall–Kier alpha value is -0.450. The molecular formula is C14H19BrFNO. The minimum Gasteiger partial charge on any atom is -0.389 e. The Kier molecular flexibility index (Phi) is 4.41. The summed E-state index contributed by atoms with van der Waals surface area (Å²) in [6, 6.07) is 4.97. The number of halogens is 2. The summed E-state index contributed by atoms with van der Waals surface area (Å²) in [4.78, 5) is 0. The van der Waals surface area contributed by atoms with Crippen molar-refractivity contribution in [1.29, 1.82) is 0 Å². The van der Waals surface area contributed by atoms with E-state index in [1.807, 2.05) is 13.0 Å². The van der Waals surface area contributed by atoms with E-state index in [1.165, 1.54) is 6.07 Å². The Labute approximate surface area is 116 Å². The van der Waals surface area contributed by atoms with Crippen LogP contribution >= 0.6 is 15.9 Å². The molecule has 0 aromatic heterocycles. The van der Waals surface area contributed by atoms with E-state index in [-0.39, 0.29) is 11.7 Å². The van der Waals surface area contributed by atoms with Crippen LogP contribution in [-0.2, 0) is 6.42 Å². The van der Waals surface area contributed by atoms with Gasteiger partial charge < -0.3 is 10.4 Å². The molecule has 1 aliphatic heterocycles. The summed E-state index contributed by atoms with van der Waals surface area (Å²) in [6.45, 7) is 3.71. The average molecular weight is 316 g/mol. The first-order valence-electron chi connectivity index (χ1n) is 6.36. The molecule has 100 valence electrons. The molecule has 1 fully saturated rings. The largest absolute Gasteiger partial charge is 0.389 e. The van der Waals surface area contributed by atoms with Crippen LogP contribution < -0.4 is 5.32 Å². The van der Waals surface area contributed by atoms with Crippen LogP contribution in [0.4, 0.5) is 4.39 Å². The predicted molar refractivity (Wildman–Crippen MR) is 74.0 cm³/mol. The lowest BCUT2D eigenvalue weighted by atomic mass is 9.79. The van der Waals surface area contributed by atoms with Crippen molar-refractivity contribution in [2.45, 2.75) is 31.8 Å². The topological polar surface area (TPSA) is 32.3 Å². The Bertz CT molecular complexity index is 416. The first-order chi connectivity index (χ1) is 8.50. The number of hydrogen-bond donors (Lipinski definition) is 2. The fourth-order valence-corrected chi connectivity index (χ4v) is 3.00. The Morgan fingerprint density at radius 3 is 3.00 bits per heavy atom. The molecular weight excluding hydrogens is 297 g/mol. The molecule has 4 heteroatoms. The fraction of sp³-hybridized carbons (Fsp3) is 0.571. The van der Waals surface area contributed by atoms with Gasteiger partial charge in [-0.15, -0.1) is 0 Å². The van der Waals surface area contributed by atoms with Crippen molar-refractivity contribution in [2.75, 3.05) is 13.1 Å². The summed E-state index contributed by atoms with van der Waals surface area (Å²) in [5, 5.41) is 13.9. The summed E-state index contributed by atoms with van der Waals surface area (Å²) in [6.07, 6.45) is 2.58. The van der Waals surface area contributed by atoms with Crippen LogP contribution in [-0.4, -0.2) is 23.8 Å². The molecule has 2 nitrogen and oxygen atoms in total. The molecule has 1 heterocycles. The molecule has 2 rings (SSSR count). The van der Waals surface area contributed by atoms with Gasteiger partial charge in [0.1, 0.15) is 5.82 Å². The maximum atomic E-state index is 13.5. The lowest BCUT2D eigenvalue weighted by molar-refractivity contribution is -0.0104. The molecule has 2 N–H and O–H groups in total. The zero-order valence-corrected chi connectivity index (χ0v) is 12.1. The van der Waals surface area contributed by atoms with Crippen molar-refractivity contribution in [3.63, 3.8) is 0 Å². The van der Waals surface area contributed by atoms with E-state index in [0.717, 1.165) is 31.5 Å². The number of benzene rings is 1. The fourth-order valence-electron chi connectivity index (χ4n) is 2.60. The van der Waals surface area contributed by atoms with Crippen LogP contribution in [0.1, 0.15) is 25.3 Å². The van der Waals surface area contributed by atoms with Gasteiger partial charge in [-0.3, -0.25) is 0 Å². The van der Waals surface area contributed by atoms with Crippen molar-refractivity contribution in [2.24, 2.45) is 5.92 Å².